The van der Waals surface area contributed by atoms with Gasteiger partial charge in [-0.15, -0.1) is 0 Å². The van der Waals surface area contributed by atoms with Crippen molar-refractivity contribution in [1.82, 2.24) is 5.32 Å². The maximum absolute atomic E-state index is 5.83. The molecule has 1 aromatic carbocycles. The molecule has 0 heterocycles. The molecule has 0 saturated heterocycles. The average molecular weight is 249 g/mol. The van der Waals surface area contributed by atoms with E-state index in [9.17, 15) is 0 Å². The number of benzene rings is 1. The van der Waals surface area contributed by atoms with Gasteiger partial charge in [0.05, 0.1) is 6.61 Å². The van der Waals surface area contributed by atoms with Crippen LogP contribution >= 0.6 is 0 Å². The van der Waals surface area contributed by atoms with Gasteiger partial charge in [0.2, 0.25) is 0 Å². The number of rotatable bonds is 8. The molecule has 0 spiro atoms. The van der Waals surface area contributed by atoms with Crippen molar-refractivity contribution < 1.29 is 9.47 Å². The zero-order chi connectivity index (χ0) is 12.8. The third kappa shape index (κ3) is 4.31. The fourth-order valence-electron chi connectivity index (χ4n) is 1.91. The summed E-state index contributed by atoms with van der Waals surface area (Å²) in [6.45, 7) is 4.50. The monoisotopic (exact) mass is 249 g/mol. The highest BCUT2D eigenvalue weighted by Gasteiger charge is 2.20. The third-order valence-corrected chi connectivity index (χ3v) is 3.12. The fraction of sp³-hybridized carbons (Fsp3) is 0.600. The Morgan fingerprint density at radius 1 is 1.28 bits per heavy atom. The van der Waals surface area contributed by atoms with E-state index >= 15 is 0 Å². The van der Waals surface area contributed by atoms with Crippen molar-refractivity contribution in [3.8, 4) is 5.75 Å². The van der Waals surface area contributed by atoms with E-state index in [1.54, 1.807) is 7.11 Å². The molecule has 1 aliphatic rings. The van der Waals surface area contributed by atoms with Gasteiger partial charge in [0.25, 0.3) is 0 Å². The molecule has 1 fully saturated rings. The topological polar surface area (TPSA) is 30.5 Å². The summed E-state index contributed by atoms with van der Waals surface area (Å²) in [7, 11) is 1.72. The Hall–Kier alpha value is -1.06. The smallest absolute Gasteiger partial charge is 0.123 e. The molecule has 0 aliphatic heterocycles. The van der Waals surface area contributed by atoms with Gasteiger partial charge in [-0.3, -0.25) is 0 Å². The van der Waals surface area contributed by atoms with Gasteiger partial charge < -0.3 is 14.8 Å². The number of nitrogens with one attached hydrogen (secondary N) is 1. The van der Waals surface area contributed by atoms with Gasteiger partial charge in [0.1, 0.15) is 5.75 Å². The average Bonchev–Trinajstić information content (AvgIpc) is 3.18. The summed E-state index contributed by atoms with van der Waals surface area (Å²) >= 11 is 0. The van der Waals surface area contributed by atoms with Gasteiger partial charge in [-0.2, -0.15) is 0 Å². The highest BCUT2D eigenvalue weighted by molar-refractivity contribution is 5.37. The maximum Gasteiger partial charge on any atom is 0.123 e. The lowest BCUT2D eigenvalue weighted by Gasteiger charge is -2.13. The maximum atomic E-state index is 5.83. The fourth-order valence-corrected chi connectivity index (χ4v) is 1.91. The second kappa shape index (κ2) is 6.76. The van der Waals surface area contributed by atoms with Crippen molar-refractivity contribution in [2.75, 3.05) is 20.3 Å². The van der Waals surface area contributed by atoms with Gasteiger partial charge in [0.15, 0.2) is 0 Å². The Bertz CT molecular complexity index is 375. The molecule has 0 unspecified atom stereocenters. The van der Waals surface area contributed by atoms with Crippen LogP contribution in [0.25, 0.3) is 0 Å². The molecule has 18 heavy (non-hydrogen) atoms. The van der Waals surface area contributed by atoms with E-state index in [1.165, 1.54) is 24.0 Å². The summed E-state index contributed by atoms with van der Waals surface area (Å²) in [5.74, 6) is 1.00. The first-order valence-corrected chi connectivity index (χ1v) is 6.74. The second-order valence-corrected chi connectivity index (χ2v) is 4.96. The van der Waals surface area contributed by atoms with Crippen molar-refractivity contribution in [3.05, 3.63) is 29.3 Å². The first-order valence-electron chi connectivity index (χ1n) is 6.74. The van der Waals surface area contributed by atoms with Gasteiger partial charge >= 0.3 is 0 Å². The molecular weight excluding hydrogens is 226 g/mol. The lowest BCUT2D eigenvalue weighted by Crippen LogP contribution is -2.16. The number of methoxy groups -OCH3 is 1. The van der Waals surface area contributed by atoms with E-state index in [1.807, 2.05) is 0 Å². The van der Waals surface area contributed by atoms with E-state index in [4.69, 9.17) is 9.47 Å². The summed E-state index contributed by atoms with van der Waals surface area (Å²) in [4.78, 5) is 0. The van der Waals surface area contributed by atoms with Crippen molar-refractivity contribution >= 4 is 0 Å². The largest absolute Gasteiger partial charge is 0.493 e. The van der Waals surface area contributed by atoms with Crippen LogP contribution in [0.5, 0.6) is 5.75 Å². The van der Waals surface area contributed by atoms with Crippen LogP contribution in [0.3, 0.4) is 0 Å². The van der Waals surface area contributed by atoms with Crippen LogP contribution in [0.15, 0.2) is 18.2 Å². The van der Waals surface area contributed by atoms with Crippen LogP contribution in [-0.4, -0.2) is 26.4 Å². The Morgan fingerprint density at radius 3 is 2.83 bits per heavy atom. The summed E-state index contributed by atoms with van der Waals surface area (Å²) in [6, 6.07) is 7.12. The standard InChI is InChI=1S/C15H23NO2/c1-12-4-7-15(18-9-3-8-17-2)13(10-12)11-16-14-5-6-14/h4,7,10,14,16H,3,5-6,8-9,11H2,1-2H3. The molecule has 1 saturated carbocycles. The van der Waals surface area contributed by atoms with Gasteiger partial charge in [-0.05, 0) is 25.8 Å². The molecule has 1 aliphatic carbocycles. The Balaban J connectivity index is 1.88. The van der Waals surface area contributed by atoms with E-state index in [0.717, 1.165) is 31.4 Å². The normalized spacial score (nSPS) is 14.8. The minimum atomic E-state index is 0.716. The Labute approximate surface area is 109 Å². The first-order chi connectivity index (χ1) is 8.79. The summed E-state index contributed by atoms with van der Waals surface area (Å²) in [5.41, 5.74) is 2.55. The van der Waals surface area contributed by atoms with Crippen LogP contribution < -0.4 is 10.1 Å². The number of hydrogen-bond acceptors (Lipinski definition) is 3. The van der Waals surface area contributed by atoms with Crippen LogP contribution in [0.1, 0.15) is 30.4 Å². The summed E-state index contributed by atoms with van der Waals surface area (Å²) in [6.07, 6.45) is 3.56. The Morgan fingerprint density at radius 2 is 2.11 bits per heavy atom. The molecule has 0 amide bonds. The van der Waals surface area contributed by atoms with Crippen LogP contribution in [0, 0.1) is 6.92 Å². The quantitative estimate of drug-likeness (QED) is 0.718. The molecule has 3 heteroatoms. The number of hydrogen-bond donors (Lipinski definition) is 1. The molecule has 0 radical (unpaired) electrons. The molecule has 0 atom stereocenters. The molecule has 3 nitrogen and oxygen atoms in total. The number of ether oxygens (including phenoxy) is 2. The zero-order valence-electron chi connectivity index (χ0n) is 11.4. The Kier molecular flexibility index (Phi) is 5.02. The first kappa shape index (κ1) is 13.4. The highest BCUT2D eigenvalue weighted by Crippen LogP contribution is 2.23. The second-order valence-electron chi connectivity index (χ2n) is 4.96. The molecule has 1 aromatic rings. The van der Waals surface area contributed by atoms with Crippen molar-refractivity contribution in [2.24, 2.45) is 0 Å². The summed E-state index contributed by atoms with van der Waals surface area (Å²) < 4.78 is 10.9. The van der Waals surface area contributed by atoms with Gasteiger partial charge in [-0.25, -0.2) is 0 Å². The van der Waals surface area contributed by atoms with E-state index < -0.39 is 0 Å². The van der Waals surface area contributed by atoms with Crippen LogP contribution in [0.4, 0.5) is 0 Å². The zero-order valence-corrected chi connectivity index (χ0v) is 11.4. The summed E-state index contributed by atoms with van der Waals surface area (Å²) in [5, 5.41) is 3.54. The third-order valence-electron chi connectivity index (χ3n) is 3.12. The molecule has 2 rings (SSSR count). The van der Waals surface area contributed by atoms with E-state index in [-0.39, 0.29) is 0 Å². The molecule has 0 bridgehead atoms. The van der Waals surface area contributed by atoms with E-state index in [2.05, 4.69) is 30.4 Å². The minimum absolute atomic E-state index is 0.716. The van der Waals surface area contributed by atoms with Crippen molar-refractivity contribution in [1.29, 1.82) is 0 Å². The van der Waals surface area contributed by atoms with Gasteiger partial charge in [0, 0.05) is 38.3 Å². The molecule has 0 aromatic heterocycles. The van der Waals surface area contributed by atoms with Crippen molar-refractivity contribution in [3.63, 3.8) is 0 Å². The number of aryl methyl sites for hydroxylation is 1. The molecular formula is C15H23NO2. The highest BCUT2D eigenvalue weighted by atomic mass is 16.5. The van der Waals surface area contributed by atoms with Crippen LogP contribution in [-0.2, 0) is 11.3 Å². The van der Waals surface area contributed by atoms with Crippen LogP contribution in [0.2, 0.25) is 0 Å². The van der Waals surface area contributed by atoms with Crippen molar-refractivity contribution in [2.45, 2.75) is 38.8 Å². The predicted octanol–water partition coefficient (Wildman–Crippen LogP) is 2.66. The van der Waals surface area contributed by atoms with E-state index in [0.29, 0.717) is 6.61 Å². The lowest BCUT2D eigenvalue weighted by atomic mass is 10.1. The SMILES string of the molecule is COCCCOc1ccc(C)cc1CNC1CC1. The lowest BCUT2D eigenvalue weighted by molar-refractivity contribution is 0.171. The predicted molar refractivity (Wildman–Crippen MR) is 73.0 cm³/mol. The van der Waals surface area contributed by atoms with Gasteiger partial charge in [-0.1, -0.05) is 17.7 Å². The molecule has 100 valence electrons. The molecule has 1 N–H and O–H groups in total. The minimum Gasteiger partial charge on any atom is -0.493 e.